The number of hydrogen-bond donors (Lipinski definition) is 0. The molecule has 0 N–H and O–H groups in total. The van der Waals surface area contributed by atoms with Crippen molar-refractivity contribution in [2.75, 3.05) is 13.2 Å². The minimum Gasteiger partial charge on any atom is -0.333 e. The van der Waals surface area contributed by atoms with Crippen molar-refractivity contribution in [1.29, 1.82) is 0 Å². The number of aromatic nitrogens is 1. The first-order chi connectivity index (χ1) is 7.23. The van der Waals surface area contributed by atoms with Crippen molar-refractivity contribution in [3.8, 4) is 0 Å². The summed E-state index contributed by atoms with van der Waals surface area (Å²) >= 11 is 5.24. The van der Waals surface area contributed by atoms with E-state index in [1.807, 2.05) is 29.0 Å². The second kappa shape index (κ2) is 4.58. The molecule has 0 aliphatic carbocycles. The largest absolute Gasteiger partial charge is 0.333 e. The highest BCUT2D eigenvalue weighted by molar-refractivity contribution is 8.09. The quantitative estimate of drug-likeness (QED) is 0.742. The van der Waals surface area contributed by atoms with E-state index in [0.29, 0.717) is 13.2 Å². The highest BCUT2D eigenvalue weighted by Crippen LogP contribution is 2.52. The van der Waals surface area contributed by atoms with Crippen molar-refractivity contribution in [2.45, 2.75) is 13.5 Å². The minimum atomic E-state index is -2.39. The Morgan fingerprint density at radius 1 is 1.47 bits per heavy atom. The summed E-state index contributed by atoms with van der Waals surface area (Å²) in [5.74, 6) is 0. The molecule has 0 saturated carbocycles. The van der Waals surface area contributed by atoms with Crippen molar-refractivity contribution >= 4 is 18.4 Å². The van der Waals surface area contributed by atoms with Crippen LogP contribution in [0.3, 0.4) is 0 Å². The van der Waals surface area contributed by atoms with Crippen LogP contribution in [0.15, 0.2) is 29.2 Å². The molecule has 1 saturated heterocycles. The zero-order valence-electron chi connectivity index (χ0n) is 8.50. The van der Waals surface area contributed by atoms with Crippen molar-refractivity contribution in [2.24, 2.45) is 4.76 Å². The van der Waals surface area contributed by atoms with Crippen LogP contribution in [0, 0.1) is 0 Å². The van der Waals surface area contributed by atoms with Gasteiger partial charge >= 0.3 is 6.64 Å². The van der Waals surface area contributed by atoms with Crippen LogP contribution in [0.5, 0.6) is 0 Å². The lowest BCUT2D eigenvalue weighted by Crippen LogP contribution is -2.18. The fourth-order valence-corrected chi connectivity index (χ4v) is 3.28. The molecule has 1 fully saturated rings. The molecular weight excluding hydrogens is 231 g/mol. The molecule has 4 nitrogen and oxygen atoms in total. The Kier molecular flexibility index (Phi) is 3.36. The van der Waals surface area contributed by atoms with E-state index in [9.17, 15) is 0 Å². The normalized spacial score (nSPS) is 20.7. The van der Waals surface area contributed by atoms with Crippen LogP contribution in [0.4, 0.5) is 0 Å². The smallest absolute Gasteiger partial charge is 0.311 e. The van der Waals surface area contributed by atoms with E-state index in [1.54, 1.807) is 0 Å². The van der Waals surface area contributed by atoms with E-state index in [0.717, 1.165) is 12.0 Å². The maximum absolute atomic E-state index is 5.37. The standard InChI is InChI=1S/C9H13N2O2PS/c1-2-11-6-4-3-5-9(11)10-14(15)12-7-8-13-14/h3-6H,2,7-8H2,1H3/b10-9-. The average Bonchev–Trinajstić information content (AvgIpc) is 2.66. The average molecular weight is 244 g/mol. The van der Waals surface area contributed by atoms with Crippen molar-refractivity contribution in [1.82, 2.24) is 4.57 Å². The summed E-state index contributed by atoms with van der Waals surface area (Å²) in [7, 11) is 0. The van der Waals surface area contributed by atoms with Gasteiger partial charge in [-0.3, -0.25) is 0 Å². The zero-order valence-corrected chi connectivity index (χ0v) is 10.2. The Bertz CT molecular complexity index is 447. The van der Waals surface area contributed by atoms with Gasteiger partial charge < -0.3 is 13.6 Å². The molecule has 15 heavy (non-hydrogen) atoms. The molecule has 0 bridgehead atoms. The molecular formula is C9H13N2O2PS. The molecule has 0 aromatic carbocycles. The first-order valence-electron chi connectivity index (χ1n) is 4.84. The summed E-state index contributed by atoms with van der Waals surface area (Å²) < 4.78 is 17.2. The van der Waals surface area contributed by atoms with Gasteiger partial charge in [0.15, 0.2) is 0 Å². The number of nitrogens with zero attached hydrogens (tertiary/aromatic N) is 2. The fourth-order valence-electron chi connectivity index (χ4n) is 1.35. The molecule has 0 spiro atoms. The van der Waals surface area contributed by atoms with E-state index < -0.39 is 6.64 Å². The maximum Gasteiger partial charge on any atom is 0.311 e. The van der Waals surface area contributed by atoms with E-state index in [2.05, 4.69) is 11.7 Å². The predicted molar refractivity (Wildman–Crippen MR) is 61.9 cm³/mol. The summed E-state index contributed by atoms with van der Waals surface area (Å²) in [5, 5.41) is 0. The van der Waals surface area contributed by atoms with Crippen molar-refractivity contribution < 1.29 is 9.05 Å². The van der Waals surface area contributed by atoms with Gasteiger partial charge in [-0.2, -0.15) is 4.76 Å². The van der Waals surface area contributed by atoms with Crippen LogP contribution in [-0.2, 0) is 27.4 Å². The Labute approximate surface area is 93.8 Å². The molecule has 0 unspecified atom stereocenters. The van der Waals surface area contributed by atoms with Gasteiger partial charge in [-0.25, -0.2) is 0 Å². The van der Waals surface area contributed by atoms with Gasteiger partial charge in [0.2, 0.25) is 0 Å². The Balaban J connectivity index is 2.44. The predicted octanol–water partition coefficient (Wildman–Crippen LogP) is 1.68. The van der Waals surface area contributed by atoms with Crippen molar-refractivity contribution in [3.05, 3.63) is 29.9 Å². The molecule has 1 aromatic heterocycles. The SMILES string of the molecule is CCn1cccc/c1=N/P1(=S)OCCO1. The van der Waals surface area contributed by atoms with Gasteiger partial charge in [0.1, 0.15) is 5.49 Å². The molecule has 1 aliphatic rings. The van der Waals surface area contributed by atoms with Gasteiger partial charge in [0, 0.05) is 12.7 Å². The first-order valence-corrected chi connectivity index (χ1v) is 7.43. The van der Waals surface area contributed by atoms with Crippen LogP contribution < -0.4 is 5.49 Å². The molecule has 2 rings (SSSR count). The van der Waals surface area contributed by atoms with Gasteiger partial charge in [0.25, 0.3) is 0 Å². The third kappa shape index (κ3) is 2.55. The lowest BCUT2D eigenvalue weighted by Gasteiger charge is -2.08. The van der Waals surface area contributed by atoms with Gasteiger partial charge in [-0.05, 0) is 30.9 Å². The van der Waals surface area contributed by atoms with Gasteiger partial charge in [-0.1, -0.05) is 6.07 Å². The molecule has 0 radical (unpaired) electrons. The molecule has 82 valence electrons. The number of aryl methyl sites for hydroxylation is 1. The van der Waals surface area contributed by atoms with Gasteiger partial charge in [-0.15, -0.1) is 0 Å². The Morgan fingerprint density at radius 2 is 2.20 bits per heavy atom. The minimum absolute atomic E-state index is 0.555. The van der Waals surface area contributed by atoms with Crippen LogP contribution in [0.25, 0.3) is 0 Å². The highest BCUT2D eigenvalue weighted by atomic mass is 32.5. The summed E-state index contributed by atoms with van der Waals surface area (Å²) in [6.07, 6.45) is 1.97. The molecule has 0 atom stereocenters. The van der Waals surface area contributed by atoms with E-state index in [4.69, 9.17) is 20.9 Å². The lowest BCUT2D eigenvalue weighted by molar-refractivity contribution is 0.365. The number of rotatable bonds is 2. The second-order valence-electron chi connectivity index (χ2n) is 3.08. The van der Waals surface area contributed by atoms with Crippen LogP contribution in [0.2, 0.25) is 0 Å². The van der Waals surface area contributed by atoms with E-state index >= 15 is 0 Å². The van der Waals surface area contributed by atoms with Gasteiger partial charge in [0.05, 0.1) is 13.2 Å². The molecule has 2 heterocycles. The van der Waals surface area contributed by atoms with E-state index in [-0.39, 0.29) is 0 Å². The summed E-state index contributed by atoms with van der Waals surface area (Å²) in [6, 6.07) is 5.82. The molecule has 6 heteroatoms. The topological polar surface area (TPSA) is 35.8 Å². The van der Waals surface area contributed by atoms with E-state index in [1.165, 1.54) is 0 Å². The number of pyridine rings is 1. The monoisotopic (exact) mass is 244 g/mol. The Morgan fingerprint density at radius 3 is 2.87 bits per heavy atom. The second-order valence-corrected chi connectivity index (χ2v) is 6.12. The third-order valence-electron chi connectivity index (χ3n) is 2.07. The lowest BCUT2D eigenvalue weighted by atomic mass is 10.5. The third-order valence-corrected chi connectivity index (χ3v) is 4.42. The fraction of sp³-hybridized carbons (Fsp3) is 0.444. The van der Waals surface area contributed by atoms with Crippen molar-refractivity contribution in [3.63, 3.8) is 0 Å². The summed E-state index contributed by atoms with van der Waals surface area (Å²) in [5.41, 5.74) is 0.824. The first kappa shape index (κ1) is 11.0. The molecule has 0 amide bonds. The van der Waals surface area contributed by atoms with Crippen LogP contribution >= 0.6 is 6.64 Å². The molecule has 1 aliphatic heterocycles. The molecule has 1 aromatic rings. The van der Waals surface area contributed by atoms with Crippen LogP contribution in [-0.4, -0.2) is 17.8 Å². The maximum atomic E-state index is 5.37. The summed E-state index contributed by atoms with van der Waals surface area (Å²) in [4.78, 5) is 0. The number of hydrogen-bond acceptors (Lipinski definition) is 3. The Hall–Kier alpha value is -0.480. The zero-order chi connectivity index (χ0) is 10.7. The summed E-state index contributed by atoms with van der Waals surface area (Å²) in [6.45, 7) is 1.63. The highest BCUT2D eigenvalue weighted by Gasteiger charge is 2.23. The van der Waals surface area contributed by atoms with Crippen LogP contribution in [0.1, 0.15) is 6.92 Å².